The summed E-state index contributed by atoms with van der Waals surface area (Å²) in [6.07, 6.45) is -8.74. The van der Waals surface area contributed by atoms with E-state index >= 15 is 9.59 Å². The molecular formula is C59H84O23. The van der Waals surface area contributed by atoms with Gasteiger partial charge in [0.1, 0.15) is 25.4 Å². The second-order valence-corrected chi connectivity index (χ2v) is 24.9. The Morgan fingerprint density at radius 2 is 0.988 bits per heavy atom. The number of ether oxygens (including phenoxy) is 13. The lowest BCUT2D eigenvalue weighted by Gasteiger charge is -2.71. The molecule has 5 aliphatic carbocycles. The molecule has 4 saturated carbocycles. The second kappa shape index (κ2) is 24.5. The van der Waals surface area contributed by atoms with E-state index in [2.05, 4.69) is 47.6 Å². The SMILES string of the molecule is COC(=O)[C@@]12CC[C@@]3(C(=O)O[C@@H]4O[C@H](COC(C)=O)[C@@H](OC(C)=O)[C@H](OC(C)=O)[C@H]4OC(C)=O)CC[C@@H](C)[C@H](C)[C@H]3C1=CC[C@@H]1[C@@]3(C)CC[C@H](O[C@@H]4O[C@H](COC(C)=O)[C@@H](OC(C)=O)[C@H](OC(C)=O)[C@H]4OC(C)=O)C(C)(C)[C@@H]3CC[C@]12C. The summed E-state index contributed by atoms with van der Waals surface area (Å²) in [5.74, 6) is -8.04. The van der Waals surface area contributed by atoms with Crippen LogP contribution in [-0.2, 0) is 110 Å². The van der Waals surface area contributed by atoms with Crippen molar-refractivity contribution >= 4 is 59.7 Å². The van der Waals surface area contributed by atoms with E-state index in [4.69, 9.17) is 61.6 Å². The predicted octanol–water partition coefficient (Wildman–Crippen LogP) is 5.89. The van der Waals surface area contributed by atoms with Crippen LogP contribution < -0.4 is 0 Å². The summed E-state index contributed by atoms with van der Waals surface area (Å²) in [6.45, 7) is 21.1. The van der Waals surface area contributed by atoms with Crippen LogP contribution in [0.2, 0.25) is 0 Å². The summed E-state index contributed by atoms with van der Waals surface area (Å²) < 4.78 is 76.7. The summed E-state index contributed by atoms with van der Waals surface area (Å²) in [6, 6.07) is 0. The Hall–Kier alpha value is -5.68. The number of hydrogen-bond donors (Lipinski definition) is 0. The summed E-state index contributed by atoms with van der Waals surface area (Å²) in [4.78, 5) is 131. The minimum Gasteiger partial charge on any atom is -0.468 e. The molecule has 2 saturated heterocycles. The van der Waals surface area contributed by atoms with Gasteiger partial charge in [0.15, 0.2) is 36.8 Å². The average molecular weight is 1160 g/mol. The molecule has 0 spiro atoms. The van der Waals surface area contributed by atoms with E-state index in [0.717, 1.165) is 47.1 Å². The monoisotopic (exact) mass is 1160 g/mol. The Bertz CT molecular complexity index is 2540. The molecular weight excluding hydrogens is 1080 g/mol. The van der Waals surface area contributed by atoms with Crippen LogP contribution >= 0.6 is 0 Å². The van der Waals surface area contributed by atoms with Gasteiger partial charge in [-0.1, -0.05) is 53.2 Å². The molecule has 0 N–H and O–H groups in total. The number of fused-ring (bicyclic) bond motifs is 7. The van der Waals surface area contributed by atoms with Crippen LogP contribution in [0.3, 0.4) is 0 Å². The number of allylic oxidation sites excluding steroid dienone is 1. The molecule has 7 rings (SSSR count). The topological polar surface area (TPSA) is 291 Å². The first-order chi connectivity index (χ1) is 38.3. The maximum atomic E-state index is 15.6. The van der Waals surface area contributed by atoms with Gasteiger partial charge in [0.05, 0.1) is 24.0 Å². The van der Waals surface area contributed by atoms with Gasteiger partial charge in [-0.15, -0.1) is 0 Å². The van der Waals surface area contributed by atoms with Crippen molar-refractivity contribution in [2.24, 2.45) is 56.7 Å². The van der Waals surface area contributed by atoms with Gasteiger partial charge in [-0.05, 0) is 104 Å². The van der Waals surface area contributed by atoms with Gasteiger partial charge in [-0.2, -0.15) is 0 Å². The van der Waals surface area contributed by atoms with Gasteiger partial charge in [-0.25, -0.2) is 0 Å². The maximum absolute atomic E-state index is 15.6. The minimum absolute atomic E-state index is 0.0417. The van der Waals surface area contributed by atoms with Crippen molar-refractivity contribution in [2.75, 3.05) is 20.3 Å². The third kappa shape index (κ3) is 11.9. The van der Waals surface area contributed by atoms with E-state index < -0.39 is 173 Å². The second-order valence-electron chi connectivity index (χ2n) is 24.9. The lowest BCUT2D eigenvalue weighted by molar-refractivity contribution is -0.333. The first kappa shape index (κ1) is 63.9. The van der Waals surface area contributed by atoms with Gasteiger partial charge in [-0.3, -0.25) is 47.9 Å². The van der Waals surface area contributed by atoms with Crippen molar-refractivity contribution in [1.29, 1.82) is 0 Å². The highest BCUT2D eigenvalue weighted by Gasteiger charge is 2.74. The number of esters is 10. The Morgan fingerprint density at radius 3 is 1.48 bits per heavy atom. The highest BCUT2D eigenvalue weighted by molar-refractivity contribution is 5.86. The fraction of sp³-hybridized carbons (Fsp3) is 0.797. The maximum Gasteiger partial charge on any atom is 0.316 e. The third-order valence-corrected chi connectivity index (χ3v) is 19.7. The van der Waals surface area contributed by atoms with Crippen molar-refractivity contribution in [1.82, 2.24) is 0 Å². The van der Waals surface area contributed by atoms with Crippen molar-refractivity contribution in [3.8, 4) is 0 Å². The van der Waals surface area contributed by atoms with E-state index in [9.17, 15) is 38.4 Å². The number of rotatable bonds is 15. The van der Waals surface area contributed by atoms with E-state index in [1.165, 1.54) is 21.0 Å². The Morgan fingerprint density at radius 1 is 0.512 bits per heavy atom. The van der Waals surface area contributed by atoms with Crippen LogP contribution in [0.4, 0.5) is 0 Å². The molecule has 0 bridgehead atoms. The molecule has 20 atom stereocenters. The molecule has 23 heteroatoms. The molecule has 82 heavy (non-hydrogen) atoms. The largest absolute Gasteiger partial charge is 0.468 e. The van der Waals surface area contributed by atoms with Crippen molar-refractivity contribution in [3.63, 3.8) is 0 Å². The van der Waals surface area contributed by atoms with Gasteiger partial charge in [0.25, 0.3) is 0 Å². The highest BCUT2D eigenvalue weighted by atomic mass is 16.8. The fourth-order valence-electron chi connectivity index (χ4n) is 16.3. The average Bonchev–Trinajstić information content (AvgIpc) is 1.63. The van der Waals surface area contributed by atoms with Gasteiger partial charge >= 0.3 is 59.7 Å². The molecule has 0 aromatic carbocycles. The molecule has 0 aromatic rings. The first-order valence-electron chi connectivity index (χ1n) is 28.6. The Kier molecular flexibility index (Phi) is 19.1. The van der Waals surface area contributed by atoms with Crippen molar-refractivity contribution in [2.45, 2.75) is 222 Å². The zero-order valence-corrected chi connectivity index (χ0v) is 50.0. The molecule has 458 valence electrons. The smallest absolute Gasteiger partial charge is 0.316 e. The molecule has 6 fully saturated rings. The van der Waals surface area contributed by atoms with Gasteiger partial charge < -0.3 is 61.6 Å². The molecule has 0 radical (unpaired) electrons. The van der Waals surface area contributed by atoms with Crippen LogP contribution in [-0.4, -0.2) is 148 Å². The number of carbonyl (C=O) groups is 10. The number of carbonyl (C=O) groups excluding carboxylic acids is 10. The van der Waals surface area contributed by atoms with Crippen LogP contribution in [0.5, 0.6) is 0 Å². The molecule has 0 unspecified atom stereocenters. The lowest BCUT2D eigenvalue weighted by atomic mass is 9.33. The van der Waals surface area contributed by atoms with Crippen molar-refractivity contribution in [3.05, 3.63) is 11.6 Å². The van der Waals surface area contributed by atoms with E-state index in [1.54, 1.807) is 0 Å². The number of hydrogen-bond acceptors (Lipinski definition) is 23. The van der Waals surface area contributed by atoms with E-state index in [-0.39, 0.29) is 36.5 Å². The van der Waals surface area contributed by atoms with E-state index in [0.29, 0.717) is 44.9 Å². The number of methoxy groups -OCH3 is 1. The summed E-state index contributed by atoms with van der Waals surface area (Å²) in [5.41, 5.74) is -3.46. The van der Waals surface area contributed by atoms with Gasteiger partial charge in [0, 0.05) is 55.4 Å². The van der Waals surface area contributed by atoms with Gasteiger partial charge in [0.2, 0.25) is 12.4 Å². The van der Waals surface area contributed by atoms with Crippen LogP contribution in [0.1, 0.15) is 155 Å². The summed E-state index contributed by atoms with van der Waals surface area (Å²) >= 11 is 0. The Balaban J connectivity index is 1.24. The summed E-state index contributed by atoms with van der Waals surface area (Å²) in [5, 5.41) is 0. The fourth-order valence-corrected chi connectivity index (χ4v) is 16.3. The van der Waals surface area contributed by atoms with Crippen LogP contribution in [0.15, 0.2) is 11.6 Å². The zero-order valence-electron chi connectivity index (χ0n) is 50.0. The highest BCUT2D eigenvalue weighted by Crippen LogP contribution is 2.76. The molecule has 0 amide bonds. The molecule has 7 aliphatic rings. The third-order valence-electron chi connectivity index (χ3n) is 19.7. The predicted molar refractivity (Wildman–Crippen MR) is 280 cm³/mol. The lowest BCUT2D eigenvalue weighted by Crippen LogP contribution is -2.69. The zero-order chi connectivity index (χ0) is 60.8. The molecule has 23 nitrogen and oxygen atoms in total. The van der Waals surface area contributed by atoms with Crippen molar-refractivity contribution < 1.29 is 110 Å². The molecule has 2 aliphatic heterocycles. The quantitative estimate of drug-likeness (QED) is 0.0799. The standard InChI is InChI=1S/C59H84O23/c1-28-18-23-58(53(68)82-52-50(78-37(10)67)48(76-35(8)65)46(74-33(6)63)40(80-52)27-72-31(4)61)24-25-59(54(69)70-15)38(44(58)29(28)2)16-17-42-56(13)21-20-43(55(11,12)41(56)19-22-57(42,59)14)81-51-49(77-36(9)66)47(75-34(7)64)45(73-32(5)62)39(79-51)26-71-30(3)60/h16,28-29,39-52H,17-27H2,1-15H3/t28-,29+,39-,40-,41+,42-,43+,44+,45-,46-,47+,48+,49-,50-,51+,52+,56+,57-,58+,59-/m1/s1. The summed E-state index contributed by atoms with van der Waals surface area (Å²) in [7, 11) is 1.39. The molecule has 2 heterocycles. The van der Waals surface area contributed by atoms with Crippen LogP contribution in [0.25, 0.3) is 0 Å². The normalized spacial score (nSPS) is 39.9. The molecule has 0 aromatic heterocycles. The minimum atomic E-state index is -1.75. The first-order valence-corrected chi connectivity index (χ1v) is 28.6. The van der Waals surface area contributed by atoms with Crippen LogP contribution in [0, 0.1) is 56.7 Å². The van der Waals surface area contributed by atoms with E-state index in [1.807, 2.05) is 0 Å². The Labute approximate surface area is 478 Å².